The second-order valence-electron chi connectivity index (χ2n) is 6.90. The molecule has 4 rings (SSSR count). The molecule has 0 atom stereocenters. The first-order valence-corrected chi connectivity index (χ1v) is 9.72. The van der Waals surface area contributed by atoms with E-state index in [0.717, 1.165) is 11.1 Å². The number of benzene rings is 3. The van der Waals surface area contributed by atoms with Crippen LogP contribution >= 0.6 is 11.6 Å². The van der Waals surface area contributed by atoms with Crippen molar-refractivity contribution in [1.29, 1.82) is 0 Å². The lowest BCUT2D eigenvalue weighted by molar-refractivity contribution is 0.278. The maximum atomic E-state index is 13.3. The number of ether oxygens (including phenoxy) is 2. The highest BCUT2D eigenvalue weighted by atomic mass is 35.5. The van der Waals surface area contributed by atoms with Crippen molar-refractivity contribution in [3.63, 3.8) is 0 Å². The van der Waals surface area contributed by atoms with Crippen LogP contribution in [-0.4, -0.2) is 4.98 Å². The average molecular weight is 423 g/mol. The van der Waals surface area contributed by atoms with Crippen LogP contribution in [0, 0.1) is 12.7 Å². The Hall–Kier alpha value is -3.31. The summed E-state index contributed by atoms with van der Waals surface area (Å²) in [5.74, 6) is 0.820. The van der Waals surface area contributed by atoms with E-state index in [2.05, 4.69) is 4.98 Å². The van der Waals surface area contributed by atoms with Gasteiger partial charge in [0, 0.05) is 22.0 Å². The van der Waals surface area contributed by atoms with Crippen molar-refractivity contribution in [1.82, 2.24) is 4.98 Å². The first-order chi connectivity index (χ1) is 14.5. The summed E-state index contributed by atoms with van der Waals surface area (Å²) in [5.41, 5.74) is 2.53. The number of aromatic nitrogens is 1. The van der Waals surface area contributed by atoms with E-state index in [0.29, 0.717) is 33.2 Å². The Kier molecular flexibility index (Phi) is 5.72. The lowest BCUT2D eigenvalue weighted by atomic mass is 10.1. The molecule has 1 heterocycles. The van der Waals surface area contributed by atoms with Crippen LogP contribution in [0.1, 0.15) is 16.8 Å². The van der Waals surface area contributed by atoms with E-state index in [1.165, 1.54) is 12.1 Å². The molecule has 0 N–H and O–H groups in total. The van der Waals surface area contributed by atoms with E-state index in [9.17, 15) is 9.50 Å². The third-order valence-corrected chi connectivity index (χ3v) is 4.83. The van der Waals surface area contributed by atoms with Crippen LogP contribution in [0.2, 0.25) is 5.02 Å². The van der Waals surface area contributed by atoms with Crippen molar-refractivity contribution in [2.75, 3.05) is 0 Å². The number of fused-ring (bicyclic) bond motifs is 1. The van der Waals surface area contributed by atoms with Gasteiger partial charge < -0.3 is 9.47 Å². The summed E-state index contributed by atoms with van der Waals surface area (Å²) in [5, 5.41) is 13.4. The Bertz CT molecular complexity index is 1210. The van der Waals surface area contributed by atoms with Gasteiger partial charge in [0.15, 0.2) is 5.75 Å². The first-order valence-electron chi connectivity index (χ1n) is 9.35. The van der Waals surface area contributed by atoms with Crippen LogP contribution in [0.4, 0.5) is 4.39 Å². The molecule has 4 nitrogen and oxygen atoms in total. The molecular weight excluding hydrogens is 405 g/mol. The molecule has 0 fully saturated rings. The number of hydrogen-bond acceptors (Lipinski definition) is 3. The second-order valence-corrected chi connectivity index (χ2v) is 7.34. The second kappa shape index (κ2) is 8.59. The van der Waals surface area contributed by atoms with Gasteiger partial charge in [-0.3, -0.25) is 5.11 Å². The predicted molar refractivity (Wildman–Crippen MR) is 113 cm³/mol. The van der Waals surface area contributed by atoms with Crippen molar-refractivity contribution in [3.8, 4) is 17.2 Å². The van der Waals surface area contributed by atoms with Gasteiger partial charge in [0.1, 0.15) is 30.5 Å². The molecular formula is C24H18ClFNO3. The minimum Gasteiger partial charge on any atom is -0.489 e. The SMILES string of the molecule is Cc1cc(Cl)cc(COc2cccc(OCc3ccc4cc(F)ccc4n3)c2)c1[O]. The topological polar surface area (TPSA) is 51.2 Å². The smallest absolute Gasteiger partial charge is 0.188 e. The third-order valence-electron chi connectivity index (χ3n) is 4.61. The lowest BCUT2D eigenvalue weighted by Gasteiger charge is -2.11. The molecule has 1 aromatic heterocycles. The fraction of sp³-hybridized carbons (Fsp3) is 0.125. The molecule has 6 heteroatoms. The van der Waals surface area contributed by atoms with Gasteiger partial charge in [0.2, 0.25) is 0 Å². The summed E-state index contributed by atoms with van der Waals surface area (Å²) in [6.07, 6.45) is 0. The van der Waals surface area contributed by atoms with Gasteiger partial charge in [0.25, 0.3) is 0 Å². The Labute approximate surface area is 178 Å². The Morgan fingerprint density at radius 2 is 1.70 bits per heavy atom. The predicted octanol–water partition coefficient (Wildman–Crippen LogP) is 6.64. The highest BCUT2D eigenvalue weighted by Crippen LogP contribution is 2.29. The highest BCUT2D eigenvalue weighted by molar-refractivity contribution is 6.30. The summed E-state index contributed by atoms with van der Waals surface area (Å²) < 4.78 is 24.9. The standard InChI is InChI=1S/C24H18ClFNO3/c1-15-9-18(25)10-17(24(15)28)13-29-21-3-2-4-22(12-21)30-14-20-7-5-16-11-19(26)6-8-23(16)27-20/h2-12H,13-14H2,1H3. The highest BCUT2D eigenvalue weighted by Gasteiger charge is 2.10. The van der Waals surface area contributed by atoms with E-state index in [1.807, 2.05) is 18.2 Å². The summed E-state index contributed by atoms with van der Waals surface area (Å²) in [6, 6.07) is 18.5. The van der Waals surface area contributed by atoms with Crippen LogP contribution in [0.25, 0.3) is 10.9 Å². The van der Waals surface area contributed by atoms with Gasteiger partial charge in [-0.25, -0.2) is 9.37 Å². The summed E-state index contributed by atoms with van der Waals surface area (Å²) in [4.78, 5) is 4.49. The fourth-order valence-corrected chi connectivity index (χ4v) is 3.39. The van der Waals surface area contributed by atoms with Crippen molar-refractivity contribution in [2.24, 2.45) is 0 Å². The normalized spacial score (nSPS) is 10.9. The van der Waals surface area contributed by atoms with Crippen LogP contribution in [-0.2, 0) is 18.3 Å². The molecule has 0 unspecified atom stereocenters. The number of aryl methyl sites for hydroxylation is 1. The zero-order valence-electron chi connectivity index (χ0n) is 16.2. The van der Waals surface area contributed by atoms with Gasteiger partial charge >= 0.3 is 0 Å². The molecule has 4 aromatic rings. The Morgan fingerprint density at radius 3 is 2.50 bits per heavy atom. The molecule has 0 bridgehead atoms. The molecule has 0 saturated carbocycles. The molecule has 0 spiro atoms. The van der Waals surface area contributed by atoms with E-state index in [-0.39, 0.29) is 24.8 Å². The van der Waals surface area contributed by atoms with E-state index in [1.54, 1.807) is 43.3 Å². The monoisotopic (exact) mass is 422 g/mol. The van der Waals surface area contributed by atoms with Crippen LogP contribution in [0.15, 0.2) is 66.7 Å². The lowest BCUT2D eigenvalue weighted by Crippen LogP contribution is -2.00. The van der Waals surface area contributed by atoms with Crippen molar-refractivity contribution >= 4 is 22.5 Å². The Balaban J connectivity index is 1.42. The number of halogens is 2. The molecule has 0 amide bonds. The van der Waals surface area contributed by atoms with E-state index < -0.39 is 0 Å². The molecule has 0 aliphatic rings. The van der Waals surface area contributed by atoms with E-state index >= 15 is 0 Å². The maximum absolute atomic E-state index is 13.3. The van der Waals surface area contributed by atoms with Crippen molar-refractivity contribution in [2.45, 2.75) is 20.1 Å². The molecule has 0 saturated heterocycles. The molecule has 151 valence electrons. The summed E-state index contributed by atoms with van der Waals surface area (Å²) >= 11 is 6.03. The minimum absolute atomic E-state index is 0.0749. The summed E-state index contributed by atoms with van der Waals surface area (Å²) in [6.45, 7) is 2.10. The van der Waals surface area contributed by atoms with Gasteiger partial charge in [-0.15, -0.1) is 0 Å². The fourth-order valence-electron chi connectivity index (χ4n) is 3.10. The first kappa shape index (κ1) is 20.0. The van der Waals surface area contributed by atoms with Crippen LogP contribution < -0.4 is 9.47 Å². The van der Waals surface area contributed by atoms with Crippen molar-refractivity contribution in [3.05, 3.63) is 94.4 Å². The summed E-state index contributed by atoms with van der Waals surface area (Å²) in [7, 11) is 0. The molecule has 0 aliphatic carbocycles. The molecule has 3 aromatic carbocycles. The number of hydrogen-bond donors (Lipinski definition) is 0. The van der Waals surface area contributed by atoms with Crippen molar-refractivity contribution < 1.29 is 19.0 Å². The largest absolute Gasteiger partial charge is 0.489 e. The molecule has 0 aliphatic heterocycles. The average Bonchev–Trinajstić information content (AvgIpc) is 2.74. The van der Waals surface area contributed by atoms with Gasteiger partial charge in [-0.1, -0.05) is 23.7 Å². The molecule has 30 heavy (non-hydrogen) atoms. The van der Waals surface area contributed by atoms with E-state index in [4.69, 9.17) is 21.1 Å². The zero-order chi connectivity index (χ0) is 21.1. The zero-order valence-corrected chi connectivity index (χ0v) is 16.9. The number of rotatable bonds is 6. The van der Waals surface area contributed by atoms with Crippen LogP contribution in [0.5, 0.6) is 17.2 Å². The van der Waals surface area contributed by atoms with Gasteiger partial charge in [-0.2, -0.15) is 0 Å². The maximum Gasteiger partial charge on any atom is 0.188 e. The molecule has 1 radical (unpaired) electrons. The quantitative estimate of drug-likeness (QED) is 0.350. The number of nitrogens with zero attached hydrogens (tertiary/aromatic N) is 1. The minimum atomic E-state index is -0.290. The van der Waals surface area contributed by atoms with Gasteiger partial charge in [-0.05, 0) is 61.0 Å². The Morgan fingerprint density at radius 1 is 0.933 bits per heavy atom. The third kappa shape index (κ3) is 4.63. The number of pyridine rings is 1. The van der Waals surface area contributed by atoms with Gasteiger partial charge in [0.05, 0.1) is 11.2 Å². The van der Waals surface area contributed by atoms with Crippen LogP contribution in [0.3, 0.4) is 0 Å².